The van der Waals surface area contributed by atoms with Gasteiger partial charge in [0.25, 0.3) is 5.69 Å². The molecule has 0 aromatic carbocycles. The third-order valence-corrected chi connectivity index (χ3v) is 1.70. The van der Waals surface area contributed by atoms with Gasteiger partial charge in [-0.25, -0.2) is 4.98 Å². The van der Waals surface area contributed by atoms with Crippen LogP contribution in [0.15, 0.2) is 12.3 Å². The molecule has 0 fully saturated rings. The van der Waals surface area contributed by atoms with Gasteiger partial charge in [-0.3, -0.25) is 10.1 Å². The maximum absolute atomic E-state index is 10.5. The number of pyridine rings is 1. The summed E-state index contributed by atoms with van der Waals surface area (Å²) in [5.41, 5.74) is -0.269. The van der Waals surface area contributed by atoms with Crippen molar-refractivity contribution in [3.05, 3.63) is 27.9 Å². The van der Waals surface area contributed by atoms with E-state index in [1.165, 1.54) is 6.07 Å². The van der Waals surface area contributed by atoms with Crippen molar-refractivity contribution in [2.45, 2.75) is 26.3 Å². The molecule has 1 aromatic rings. The molecule has 0 atom stereocenters. The van der Waals surface area contributed by atoms with Crippen LogP contribution in [0.4, 0.5) is 11.5 Å². The van der Waals surface area contributed by atoms with Crippen molar-refractivity contribution in [1.29, 1.82) is 5.26 Å². The summed E-state index contributed by atoms with van der Waals surface area (Å²) in [5.74, 6) is 0.362. The number of nitriles is 1. The van der Waals surface area contributed by atoms with Crippen LogP contribution in [0.5, 0.6) is 0 Å². The molecule has 1 heterocycles. The van der Waals surface area contributed by atoms with Gasteiger partial charge in [-0.1, -0.05) is 0 Å². The molecule has 0 aliphatic rings. The monoisotopic (exact) mass is 220 g/mol. The van der Waals surface area contributed by atoms with E-state index < -0.39 is 4.92 Å². The van der Waals surface area contributed by atoms with Crippen LogP contribution >= 0.6 is 0 Å². The molecular formula is C10H12N4O2. The van der Waals surface area contributed by atoms with Crippen LogP contribution in [-0.2, 0) is 0 Å². The number of nitrogens with zero attached hydrogens (tertiary/aromatic N) is 3. The molecule has 0 aliphatic carbocycles. The Hall–Kier alpha value is -2.16. The lowest BCUT2D eigenvalue weighted by Gasteiger charge is -2.21. The molecule has 16 heavy (non-hydrogen) atoms. The molecule has 0 aliphatic heterocycles. The van der Waals surface area contributed by atoms with E-state index in [2.05, 4.69) is 10.3 Å². The summed E-state index contributed by atoms with van der Waals surface area (Å²) in [6.45, 7) is 5.74. The van der Waals surface area contributed by atoms with E-state index >= 15 is 0 Å². The molecule has 0 amide bonds. The van der Waals surface area contributed by atoms with Crippen molar-refractivity contribution in [3.8, 4) is 6.07 Å². The standard InChI is InChI=1S/C10H12N4O2/c1-10(2,3)13-9-7(5-11)4-8(6-12-9)14(15)16/h4,6H,1-3H3,(H,12,13). The van der Waals surface area contributed by atoms with Crippen molar-refractivity contribution in [3.63, 3.8) is 0 Å². The average molecular weight is 220 g/mol. The van der Waals surface area contributed by atoms with Crippen molar-refractivity contribution >= 4 is 11.5 Å². The zero-order chi connectivity index (χ0) is 12.3. The molecule has 0 saturated carbocycles. The highest BCUT2D eigenvalue weighted by Gasteiger charge is 2.16. The molecular weight excluding hydrogens is 208 g/mol. The maximum Gasteiger partial charge on any atom is 0.289 e. The lowest BCUT2D eigenvalue weighted by molar-refractivity contribution is -0.385. The second-order valence-corrected chi connectivity index (χ2v) is 4.33. The Morgan fingerprint density at radius 2 is 2.19 bits per heavy atom. The fraction of sp³-hybridized carbons (Fsp3) is 0.400. The number of rotatable bonds is 2. The fourth-order valence-corrected chi connectivity index (χ4v) is 1.09. The number of hydrogen-bond donors (Lipinski definition) is 1. The third-order valence-electron chi connectivity index (χ3n) is 1.70. The smallest absolute Gasteiger partial charge is 0.289 e. The van der Waals surface area contributed by atoms with Gasteiger partial charge >= 0.3 is 0 Å². The van der Waals surface area contributed by atoms with E-state index in [-0.39, 0.29) is 16.8 Å². The molecule has 1 aromatic heterocycles. The zero-order valence-corrected chi connectivity index (χ0v) is 9.31. The van der Waals surface area contributed by atoms with Gasteiger partial charge in [0.05, 0.1) is 4.92 Å². The fourth-order valence-electron chi connectivity index (χ4n) is 1.09. The summed E-state index contributed by atoms with van der Waals surface area (Å²) in [7, 11) is 0. The summed E-state index contributed by atoms with van der Waals surface area (Å²) in [5, 5.41) is 22.4. The highest BCUT2D eigenvalue weighted by Crippen LogP contribution is 2.20. The largest absolute Gasteiger partial charge is 0.364 e. The Morgan fingerprint density at radius 1 is 1.56 bits per heavy atom. The normalized spacial score (nSPS) is 10.6. The Balaban J connectivity index is 3.14. The molecule has 6 nitrogen and oxygen atoms in total. The molecule has 6 heteroatoms. The maximum atomic E-state index is 10.5. The minimum absolute atomic E-state index is 0.170. The second kappa shape index (κ2) is 4.14. The van der Waals surface area contributed by atoms with Gasteiger partial charge < -0.3 is 5.32 Å². The first-order valence-corrected chi connectivity index (χ1v) is 4.66. The minimum atomic E-state index is -0.575. The zero-order valence-electron chi connectivity index (χ0n) is 9.31. The van der Waals surface area contributed by atoms with Crippen LogP contribution < -0.4 is 5.32 Å². The molecule has 1 rings (SSSR count). The lowest BCUT2D eigenvalue weighted by Crippen LogP contribution is -2.27. The van der Waals surface area contributed by atoms with Gasteiger partial charge in [0.15, 0.2) is 0 Å². The molecule has 0 radical (unpaired) electrons. The SMILES string of the molecule is CC(C)(C)Nc1ncc([N+](=O)[O-])cc1C#N. The van der Waals surface area contributed by atoms with Crippen molar-refractivity contribution in [2.75, 3.05) is 5.32 Å². The summed E-state index contributed by atoms with van der Waals surface area (Å²) in [6.07, 6.45) is 1.13. The van der Waals surface area contributed by atoms with Crippen LogP contribution in [-0.4, -0.2) is 15.4 Å². The second-order valence-electron chi connectivity index (χ2n) is 4.33. The van der Waals surface area contributed by atoms with E-state index in [9.17, 15) is 10.1 Å². The Kier molecular flexibility index (Phi) is 3.09. The predicted molar refractivity (Wildman–Crippen MR) is 59.0 cm³/mol. The molecule has 0 spiro atoms. The van der Waals surface area contributed by atoms with E-state index in [0.29, 0.717) is 5.82 Å². The quantitative estimate of drug-likeness (QED) is 0.608. The van der Waals surface area contributed by atoms with E-state index in [0.717, 1.165) is 6.20 Å². The van der Waals surface area contributed by atoms with Gasteiger partial charge in [-0.2, -0.15) is 5.26 Å². The molecule has 1 N–H and O–H groups in total. The van der Waals surface area contributed by atoms with Crippen LogP contribution in [0.2, 0.25) is 0 Å². The van der Waals surface area contributed by atoms with Gasteiger partial charge in [0.2, 0.25) is 0 Å². The first-order valence-electron chi connectivity index (χ1n) is 4.66. The lowest BCUT2D eigenvalue weighted by atomic mass is 10.1. The number of anilines is 1. The summed E-state index contributed by atoms with van der Waals surface area (Å²) in [6, 6.07) is 3.09. The van der Waals surface area contributed by atoms with Crippen molar-refractivity contribution in [2.24, 2.45) is 0 Å². The number of hydrogen-bond acceptors (Lipinski definition) is 5. The summed E-state index contributed by atoms with van der Waals surface area (Å²) < 4.78 is 0. The van der Waals surface area contributed by atoms with E-state index in [4.69, 9.17) is 5.26 Å². The van der Waals surface area contributed by atoms with E-state index in [1.54, 1.807) is 0 Å². The van der Waals surface area contributed by atoms with Crippen LogP contribution in [0, 0.1) is 21.4 Å². The number of aromatic nitrogens is 1. The Bertz CT molecular complexity index is 457. The molecule has 0 unspecified atom stereocenters. The highest BCUT2D eigenvalue weighted by molar-refractivity contribution is 5.56. The van der Waals surface area contributed by atoms with Crippen LogP contribution in [0.3, 0.4) is 0 Å². The molecule has 0 bridgehead atoms. The Morgan fingerprint density at radius 3 is 2.62 bits per heavy atom. The topological polar surface area (TPSA) is 91.8 Å². The number of nitro groups is 1. The number of nitrogens with one attached hydrogen (secondary N) is 1. The Labute approximate surface area is 93.1 Å². The predicted octanol–water partition coefficient (Wildman–Crippen LogP) is 2.07. The van der Waals surface area contributed by atoms with Gasteiger partial charge in [-0.15, -0.1) is 0 Å². The highest BCUT2D eigenvalue weighted by atomic mass is 16.6. The van der Waals surface area contributed by atoms with Gasteiger partial charge in [0.1, 0.15) is 23.6 Å². The van der Waals surface area contributed by atoms with Crippen LogP contribution in [0.1, 0.15) is 26.3 Å². The van der Waals surface area contributed by atoms with Gasteiger partial charge in [-0.05, 0) is 20.8 Å². The van der Waals surface area contributed by atoms with Crippen molar-refractivity contribution in [1.82, 2.24) is 4.98 Å². The third kappa shape index (κ3) is 2.92. The van der Waals surface area contributed by atoms with E-state index in [1.807, 2.05) is 26.8 Å². The molecule has 0 saturated heterocycles. The molecule has 84 valence electrons. The first kappa shape index (κ1) is 11.9. The summed E-state index contributed by atoms with van der Waals surface area (Å²) >= 11 is 0. The van der Waals surface area contributed by atoms with Crippen molar-refractivity contribution < 1.29 is 4.92 Å². The summed E-state index contributed by atoms with van der Waals surface area (Å²) in [4.78, 5) is 13.8. The average Bonchev–Trinajstić information content (AvgIpc) is 2.15. The first-order chi connectivity index (χ1) is 7.33. The van der Waals surface area contributed by atoms with Crippen LogP contribution in [0.25, 0.3) is 0 Å². The van der Waals surface area contributed by atoms with Gasteiger partial charge in [0, 0.05) is 11.6 Å². The minimum Gasteiger partial charge on any atom is -0.364 e.